The lowest BCUT2D eigenvalue weighted by molar-refractivity contribution is -0.130. The highest BCUT2D eigenvalue weighted by molar-refractivity contribution is 5.81. The van der Waals surface area contributed by atoms with Gasteiger partial charge in [0.25, 0.3) is 5.56 Å². The first-order valence-corrected chi connectivity index (χ1v) is 9.58. The van der Waals surface area contributed by atoms with Gasteiger partial charge in [-0.3, -0.25) is 9.59 Å². The van der Waals surface area contributed by atoms with Gasteiger partial charge in [-0.25, -0.2) is 0 Å². The average molecular weight is 392 g/mol. The summed E-state index contributed by atoms with van der Waals surface area (Å²) in [6, 6.07) is 11.2. The van der Waals surface area contributed by atoms with E-state index in [0.29, 0.717) is 30.0 Å². The summed E-state index contributed by atoms with van der Waals surface area (Å²) in [4.78, 5) is 30.2. The Kier molecular flexibility index (Phi) is 4.78. The maximum absolute atomic E-state index is 13.0. The third-order valence-corrected chi connectivity index (χ3v) is 5.60. The molecule has 1 aliphatic rings. The van der Waals surface area contributed by atoms with E-state index >= 15 is 0 Å². The lowest BCUT2D eigenvalue weighted by atomic mass is 9.87. The average Bonchev–Trinajstić information content (AvgIpc) is 2.71. The quantitative estimate of drug-likeness (QED) is 0.742. The SMILES string of the molecule is COc1cc2c(cc1OC)[C@H](c1cc3ccc(C)cc3[nH]c1=O)N(C(C)=O)CC2. The molecule has 0 spiro atoms. The van der Waals surface area contributed by atoms with Crippen molar-refractivity contribution in [1.29, 1.82) is 0 Å². The molecule has 6 nitrogen and oxygen atoms in total. The molecule has 1 aromatic heterocycles. The van der Waals surface area contributed by atoms with E-state index in [0.717, 1.165) is 27.6 Å². The van der Waals surface area contributed by atoms with Crippen LogP contribution in [0.5, 0.6) is 11.5 Å². The molecule has 1 amide bonds. The Morgan fingerprint density at radius 3 is 2.48 bits per heavy atom. The Bertz CT molecular complexity index is 1170. The van der Waals surface area contributed by atoms with Gasteiger partial charge in [0.05, 0.1) is 20.3 Å². The summed E-state index contributed by atoms with van der Waals surface area (Å²) in [6.45, 7) is 4.06. The fourth-order valence-corrected chi connectivity index (χ4v) is 4.16. The third kappa shape index (κ3) is 3.24. The Morgan fingerprint density at radius 2 is 1.79 bits per heavy atom. The highest BCUT2D eigenvalue weighted by Gasteiger charge is 2.33. The van der Waals surface area contributed by atoms with Crippen LogP contribution in [0.2, 0.25) is 0 Å². The maximum atomic E-state index is 13.0. The van der Waals surface area contributed by atoms with Crippen molar-refractivity contribution in [3.05, 3.63) is 69.0 Å². The second kappa shape index (κ2) is 7.28. The molecule has 4 rings (SSSR count). The van der Waals surface area contributed by atoms with Gasteiger partial charge in [0, 0.05) is 24.5 Å². The van der Waals surface area contributed by atoms with Crippen LogP contribution in [-0.4, -0.2) is 36.6 Å². The van der Waals surface area contributed by atoms with Gasteiger partial charge in [0.1, 0.15) is 0 Å². The minimum atomic E-state index is -0.481. The number of aryl methyl sites for hydroxylation is 1. The molecule has 0 radical (unpaired) electrons. The van der Waals surface area contributed by atoms with Gasteiger partial charge >= 0.3 is 0 Å². The first-order chi connectivity index (χ1) is 13.9. The van der Waals surface area contributed by atoms with Crippen LogP contribution < -0.4 is 15.0 Å². The number of amides is 1. The number of carbonyl (C=O) groups excluding carboxylic acids is 1. The van der Waals surface area contributed by atoms with E-state index in [9.17, 15) is 9.59 Å². The molecular weight excluding hydrogens is 368 g/mol. The van der Waals surface area contributed by atoms with Crippen LogP contribution in [0.4, 0.5) is 0 Å². The molecule has 0 fully saturated rings. The van der Waals surface area contributed by atoms with Crippen molar-refractivity contribution in [2.24, 2.45) is 0 Å². The number of hydrogen-bond donors (Lipinski definition) is 1. The Morgan fingerprint density at radius 1 is 1.07 bits per heavy atom. The number of ether oxygens (including phenoxy) is 2. The number of aromatic amines is 1. The maximum Gasteiger partial charge on any atom is 0.254 e. The van der Waals surface area contributed by atoms with E-state index in [1.54, 1.807) is 19.1 Å². The minimum absolute atomic E-state index is 0.0705. The Hall–Kier alpha value is -3.28. The van der Waals surface area contributed by atoms with Crippen molar-refractivity contribution in [2.75, 3.05) is 20.8 Å². The molecule has 0 saturated carbocycles. The van der Waals surface area contributed by atoms with Crippen molar-refractivity contribution in [1.82, 2.24) is 9.88 Å². The van der Waals surface area contributed by atoms with Crippen LogP contribution in [0.15, 0.2) is 41.2 Å². The number of methoxy groups -OCH3 is 2. The highest BCUT2D eigenvalue weighted by Crippen LogP contribution is 2.40. The minimum Gasteiger partial charge on any atom is -0.493 e. The summed E-state index contributed by atoms with van der Waals surface area (Å²) in [5, 5.41) is 0.932. The predicted molar refractivity (Wildman–Crippen MR) is 112 cm³/mol. The van der Waals surface area contributed by atoms with Crippen molar-refractivity contribution in [3.8, 4) is 11.5 Å². The van der Waals surface area contributed by atoms with E-state index in [4.69, 9.17) is 9.47 Å². The summed E-state index contributed by atoms with van der Waals surface area (Å²) in [5.74, 6) is 1.15. The molecule has 0 bridgehead atoms. The molecule has 1 atom stereocenters. The van der Waals surface area contributed by atoms with Gasteiger partial charge in [0.15, 0.2) is 11.5 Å². The first kappa shape index (κ1) is 19.1. The number of aromatic nitrogens is 1. The molecule has 0 aliphatic carbocycles. The molecule has 2 aromatic carbocycles. The summed E-state index contributed by atoms with van der Waals surface area (Å²) >= 11 is 0. The van der Waals surface area contributed by atoms with Crippen molar-refractivity contribution in [2.45, 2.75) is 26.3 Å². The van der Waals surface area contributed by atoms with E-state index < -0.39 is 6.04 Å². The van der Waals surface area contributed by atoms with Gasteiger partial charge in [0.2, 0.25) is 5.91 Å². The normalized spacial score (nSPS) is 15.9. The van der Waals surface area contributed by atoms with Crippen LogP contribution in [0, 0.1) is 6.92 Å². The number of carbonyl (C=O) groups is 1. The van der Waals surface area contributed by atoms with Crippen LogP contribution in [-0.2, 0) is 11.2 Å². The monoisotopic (exact) mass is 392 g/mol. The predicted octanol–water partition coefficient (Wildman–Crippen LogP) is 3.35. The van der Waals surface area contributed by atoms with Gasteiger partial charge in [-0.05, 0) is 59.7 Å². The summed E-state index contributed by atoms with van der Waals surface area (Å²) < 4.78 is 10.9. The topological polar surface area (TPSA) is 71.6 Å². The zero-order valence-corrected chi connectivity index (χ0v) is 17.0. The van der Waals surface area contributed by atoms with E-state index in [1.165, 1.54) is 6.92 Å². The molecule has 3 aromatic rings. The third-order valence-electron chi connectivity index (χ3n) is 5.60. The molecule has 2 heterocycles. The van der Waals surface area contributed by atoms with Crippen LogP contribution in [0.25, 0.3) is 10.9 Å². The first-order valence-electron chi connectivity index (χ1n) is 9.58. The standard InChI is InChI=1S/C23H24N2O4/c1-13-5-6-16-10-18(23(27)24-19(16)9-13)22-17-12-21(29-4)20(28-3)11-15(17)7-8-25(22)14(2)26/h5-6,9-12,22H,7-8H2,1-4H3,(H,24,27)/t22-/m1/s1. The lowest BCUT2D eigenvalue weighted by Crippen LogP contribution is -2.41. The number of H-pyrrole nitrogens is 1. The zero-order chi connectivity index (χ0) is 20.7. The zero-order valence-electron chi connectivity index (χ0n) is 17.0. The van der Waals surface area contributed by atoms with Gasteiger partial charge < -0.3 is 19.4 Å². The number of benzene rings is 2. The highest BCUT2D eigenvalue weighted by atomic mass is 16.5. The smallest absolute Gasteiger partial charge is 0.254 e. The Labute approximate surface area is 169 Å². The van der Waals surface area contributed by atoms with Gasteiger partial charge in [-0.15, -0.1) is 0 Å². The molecular formula is C23H24N2O4. The van der Waals surface area contributed by atoms with Crippen LogP contribution in [0.1, 0.15) is 35.2 Å². The molecule has 1 N–H and O–H groups in total. The Balaban J connectivity index is 1.96. The molecule has 29 heavy (non-hydrogen) atoms. The number of nitrogens with zero attached hydrogens (tertiary/aromatic N) is 1. The van der Waals surface area contributed by atoms with Crippen molar-refractivity contribution < 1.29 is 14.3 Å². The van der Waals surface area contributed by atoms with Crippen molar-refractivity contribution >= 4 is 16.8 Å². The summed E-state index contributed by atoms with van der Waals surface area (Å²) in [5.41, 5.74) is 4.16. The van der Waals surface area contributed by atoms with Gasteiger partial charge in [-0.1, -0.05) is 12.1 Å². The second-order valence-corrected chi connectivity index (χ2v) is 7.42. The second-order valence-electron chi connectivity index (χ2n) is 7.42. The number of fused-ring (bicyclic) bond motifs is 2. The number of pyridine rings is 1. The van der Waals surface area contributed by atoms with E-state index in [2.05, 4.69) is 4.98 Å². The molecule has 150 valence electrons. The number of nitrogens with one attached hydrogen (secondary N) is 1. The molecule has 0 saturated heterocycles. The molecule has 6 heteroatoms. The summed E-state index contributed by atoms with van der Waals surface area (Å²) in [6.07, 6.45) is 0.691. The number of hydrogen-bond acceptors (Lipinski definition) is 4. The largest absolute Gasteiger partial charge is 0.493 e. The molecule has 1 aliphatic heterocycles. The van der Waals surface area contributed by atoms with Crippen LogP contribution >= 0.6 is 0 Å². The van der Waals surface area contributed by atoms with E-state index in [-0.39, 0.29) is 11.5 Å². The van der Waals surface area contributed by atoms with Gasteiger partial charge in [-0.2, -0.15) is 0 Å². The molecule has 0 unspecified atom stereocenters. The van der Waals surface area contributed by atoms with Crippen LogP contribution in [0.3, 0.4) is 0 Å². The lowest BCUT2D eigenvalue weighted by Gasteiger charge is -2.37. The van der Waals surface area contributed by atoms with Crippen molar-refractivity contribution in [3.63, 3.8) is 0 Å². The summed E-state index contributed by atoms with van der Waals surface area (Å²) in [7, 11) is 3.18. The van der Waals surface area contributed by atoms with E-state index in [1.807, 2.05) is 43.3 Å². The fraction of sp³-hybridized carbons (Fsp3) is 0.304. The number of rotatable bonds is 3. The fourth-order valence-electron chi connectivity index (χ4n) is 4.16.